The van der Waals surface area contributed by atoms with E-state index in [1.807, 2.05) is 37.3 Å². The normalized spacial score (nSPS) is 12.2. The summed E-state index contributed by atoms with van der Waals surface area (Å²) in [6, 6.07) is 13.0. The van der Waals surface area contributed by atoms with Crippen molar-refractivity contribution in [1.29, 1.82) is 0 Å². The van der Waals surface area contributed by atoms with E-state index in [0.29, 0.717) is 12.0 Å². The molecule has 0 amide bonds. The molecule has 0 saturated carbocycles. The maximum Gasteiger partial charge on any atom is 0.127 e. The first-order chi connectivity index (χ1) is 9.11. The summed E-state index contributed by atoms with van der Waals surface area (Å²) in [6.07, 6.45) is 0.685. The van der Waals surface area contributed by atoms with Crippen LogP contribution in [-0.4, -0.2) is 7.11 Å². The molecule has 0 fully saturated rings. The van der Waals surface area contributed by atoms with Crippen molar-refractivity contribution in [1.82, 2.24) is 0 Å². The van der Waals surface area contributed by atoms with Gasteiger partial charge in [-0.1, -0.05) is 51.8 Å². The predicted octanol–water partition coefficient (Wildman–Crippen LogP) is 4.82. The molecule has 0 bridgehead atoms. The van der Waals surface area contributed by atoms with Crippen molar-refractivity contribution in [3.8, 4) is 5.75 Å². The number of aryl methyl sites for hydroxylation is 1. The second-order valence-electron chi connectivity index (χ2n) is 4.51. The van der Waals surface area contributed by atoms with E-state index in [2.05, 4.69) is 15.9 Å². The van der Waals surface area contributed by atoms with E-state index < -0.39 is 0 Å². The third kappa shape index (κ3) is 3.35. The average molecular weight is 323 g/mol. The molecule has 0 aliphatic carbocycles. The average Bonchev–Trinajstić information content (AvgIpc) is 2.42. The van der Waals surface area contributed by atoms with Gasteiger partial charge in [-0.2, -0.15) is 0 Å². The predicted molar refractivity (Wildman–Crippen MR) is 79.5 cm³/mol. The minimum atomic E-state index is -0.178. The maximum absolute atomic E-state index is 13.8. The van der Waals surface area contributed by atoms with Crippen LogP contribution < -0.4 is 4.74 Å². The Morgan fingerprint density at radius 3 is 2.68 bits per heavy atom. The fraction of sp³-hybridized carbons (Fsp3) is 0.250. The van der Waals surface area contributed by atoms with Crippen molar-refractivity contribution in [3.05, 3.63) is 65.0 Å². The summed E-state index contributed by atoms with van der Waals surface area (Å²) in [5, 5.41) is 0. The van der Waals surface area contributed by atoms with Crippen molar-refractivity contribution < 1.29 is 9.13 Å². The first kappa shape index (κ1) is 14.1. The lowest BCUT2D eigenvalue weighted by molar-refractivity contribution is 0.409. The number of methoxy groups -OCH3 is 1. The van der Waals surface area contributed by atoms with Gasteiger partial charge in [-0.3, -0.25) is 0 Å². The Bertz CT molecular complexity index is 568. The number of benzene rings is 2. The number of ether oxygens (including phenoxy) is 1. The molecule has 19 heavy (non-hydrogen) atoms. The van der Waals surface area contributed by atoms with Crippen LogP contribution in [0.15, 0.2) is 42.5 Å². The van der Waals surface area contributed by atoms with Crippen molar-refractivity contribution in [2.75, 3.05) is 7.11 Å². The number of hydrogen-bond acceptors (Lipinski definition) is 1. The van der Waals surface area contributed by atoms with Crippen molar-refractivity contribution in [3.63, 3.8) is 0 Å². The second kappa shape index (κ2) is 6.20. The molecular weight excluding hydrogens is 307 g/mol. The van der Waals surface area contributed by atoms with Crippen LogP contribution >= 0.6 is 15.9 Å². The Morgan fingerprint density at radius 1 is 1.21 bits per heavy atom. The Morgan fingerprint density at radius 2 is 1.95 bits per heavy atom. The first-order valence-electron chi connectivity index (χ1n) is 6.14. The second-order valence-corrected chi connectivity index (χ2v) is 5.61. The standard InChI is InChI=1S/C16H16BrFO/c1-11-7-8-15(18)13(9-11)14(17)10-12-5-3-4-6-16(12)19-2/h3-9,14H,10H2,1-2H3. The molecule has 2 rings (SSSR count). The van der Waals surface area contributed by atoms with Crippen LogP contribution in [0.25, 0.3) is 0 Å². The fourth-order valence-corrected chi connectivity index (χ4v) is 2.78. The molecule has 0 aliphatic rings. The molecule has 0 saturated heterocycles. The summed E-state index contributed by atoms with van der Waals surface area (Å²) >= 11 is 3.58. The van der Waals surface area contributed by atoms with Gasteiger partial charge in [-0.05, 0) is 31.0 Å². The lowest BCUT2D eigenvalue weighted by Gasteiger charge is -2.14. The van der Waals surface area contributed by atoms with Gasteiger partial charge in [0.25, 0.3) is 0 Å². The third-order valence-corrected chi connectivity index (χ3v) is 3.90. The minimum absolute atomic E-state index is 0.0660. The van der Waals surface area contributed by atoms with Gasteiger partial charge in [0.2, 0.25) is 0 Å². The first-order valence-corrected chi connectivity index (χ1v) is 7.05. The molecule has 1 atom stereocenters. The van der Waals surface area contributed by atoms with E-state index in [-0.39, 0.29) is 10.6 Å². The molecule has 3 heteroatoms. The fourth-order valence-electron chi connectivity index (χ4n) is 2.08. The monoisotopic (exact) mass is 322 g/mol. The highest BCUT2D eigenvalue weighted by Gasteiger charge is 2.15. The van der Waals surface area contributed by atoms with Crippen LogP contribution in [0.1, 0.15) is 21.5 Å². The highest BCUT2D eigenvalue weighted by Crippen LogP contribution is 2.32. The molecule has 100 valence electrons. The number of rotatable bonds is 4. The van der Waals surface area contributed by atoms with Crippen LogP contribution in [0.2, 0.25) is 0 Å². The van der Waals surface area contributed by atoms with Crippen LogP contribution in [0.3, 0.4) is 0 Å². The summed E-state index contributed by atoms with van der Waals surface area (Å²) in [6.45, 7) is 1.96. The maximum atomic E-state index is 13.8. The minimum Gasteiger partial charge on any atom is -0.496 e. The summed E-state index contributed by atoms with van der Waals surface area (Å²) in [5.74, 6) is 0.655. The van der Waals surface area contributed by atoms with Crippen LogP contribution in [0.5, 0.6) is 5.75 Å². The van der Waals surface area contributed by atoms with Crippen molar-refractivity contribution >= 4 is 15.9 Å². The smallest absolute Gasteiger partial charge is 0.127 e. The van der Waals surface area contributed by atoms with E-state index in [1.54, 1.807) is 13.2 Å². The van der Waals surface area contributed by atoms with Gasteiger partial charge in [0.05, 0.1) is 7.11 Å². The van der Waals surface area contributed by atoms with Gasteiger partial charge in [0.1, 0.15) is 11.6 Å². The SMILES string of the molecule is COc1ccccc1CC(Br)c1cc(C)ccc1F. The van der Waals surface area contributed by atoms with Gasteiger partial charge in [0.15, 0.2) is 0 Å². The lowest BCUT2D eigenvalue weighted by atomic mass is 10.0. The summed E-state index contributed by atoms with van der Waals surface area (Å²) in [4.78, 5) is -0.0660. The largest absolute Gasteiger partial charge is 0.496 e. The molecule has 2 aromatic carbocycles. The van der Waals surface area contributed by atoms with E-state index in [0.717, 1.165) is 16.9 Å². The quantitative estimate of drug-likeness (QED) is 0.733. The number of hydrogen-bond donors (Lipinski definition) is 0. The molecule has 0 aliphatic heterocycles. The van der Waals surface area contributed by atoms with E-state index in [1.165, 1.54) is 6.07 Å². The Hall–Kier alpha value is -1.35. The Labute approximate surface area is 121 Å². The van der Waals surface area contributed by atoms with Crippen LogP contribution in [0.4, 0.5) is 4.39 Å². The zero-order chi connectivity index (χ0) is 13.8. The molecule has 0 spiro atoms. The third-order valence-electron chi connectivity index (χ3n) is 3.08. The molecule has 1 nitrogen and oxygen atoms in total. The summed E-state index contributed by atoms with van der Waals surface area (Å²) in [5.41, 5.74) is 2.81. The molecule has 0 radical (unpaired) electrons. The highest BCUT2D eigenvalue weighted by atomic mass is 79.9. The van der Waals surface area contributed by atoms with E-state index >= 15 is 0 Å². The molecule has 0 N–H and O–H groups in total. The van der Waals surface area contributed by atoms with Gasteiger partial charge >= 0.3 is 0 Å². The summed E-state index contributed by atoms with van der Waals surface area (Å²) in [7, 11) is 1.65. The molecular formula is C16H16BrFO. The van der Waals surface area contributed by atoms with Crippen molar-refractivity contribution in [2.45, 2.75) is 18.2 Å². The Balaban J connectivity index is 2.25. The van der Waals surface area contributed by atoms with Gasteiger partial charge in [-0.25, -0.2) is 4.39 Å². The summed E-state index contributed by atoms with van der Waals surface area (Å²) < 4.78 is 19.2. The lowest BCUT2D eigenvalue weighted by Crippen LogP contribution is -2.01. The number of halogens is 2. The zero-order valence-corrected chi connectivity index (χ0v) is 12.6. The molecule has 1 unspecified atom stereocenters. The van der Waals surface area contributed by atoms with Gasteiger partial charge < -0.3 is 4.74 Å². The topological polar surface area (TPSA) is 9.23 Å². The van der Waals surface area contributed by atoms with Crippen molar-refractivity contribution in [2.24, 2.45) is 0 Å². The van der Waals surface area contributed by atoms with E-state index in [4.69, 9.17) is 4.74 Å². The van der Waals surface area contributed by atoms with Gasteiger partial charge in [-0.15, -0.1) is 0 Å². The molecule has 0 aromatic heterocycles. The number of para-hydroxylation sites is 1. The Kier molecular flexibility index (Phi) is 4.59. The number of alkyl halides is 1. The molecule has 2 aromatic rings. The van der Waals surface area contributed by atoms with Gasteiger partial charge in [0, 0.05) is 10.4 Å². The van der Waals surface area contributed by atoms with Crippen LogP contribution in [0, 0.1) is 12.7 Å². The zero-order valence-electron chi connectivity index (χ0n) is 11.0. The highest BCUT2D eigenvalue weighted by molar-refractivity contribution is 9.09. The molecule has 0 heterocycles. The van der Waals surface area contributed by atoms with E-state index in [9.17, 15) is 4.39 Å². The van der Waals surface area contributed by atoms with Crippen LogP contribution in [-0.2, 0) is 6.42 Å².